The number of anilines is 1. The third-order valence-corrected chi connectivity index (χ3v) is 3.44. The zero-order valence-electron chi connectivity index (χ0n) is 9.22. The molecule has 90 valence electrons. The van der Waals surface area contributed by atoms with Crippen molar-refractivity contribution in [3.05, 3.63) is 41.8 Å². The molecule has 6 heteroatoms. The van der Waals surface area contributed by atoms with Crippen molar-refractivity contribution in [1.82, 2.24) is 15.2 Å². The summed E-state index contributed by atoms with van der Waals surface area (Å²) in [6, 6.07) is 5.28. The van der Waals surface area contributed by atoms with E-state index < -0.39 is 5.82 Å². The Bertz CT molecular complexity index is 675. The highest BCUT2D eigenvalue weighted by atomic mass is 32.1. The fourth-order valence-corrected chi connectivity index (χ4v) is 2.57. The van der Waals surface area contributed by atoms with Crippen LogP contribution in [0.2, 0.25) is 0 Å². The Morgan fingerprint density at radius 1 is 1.33 bits per heavy atom. The number of hydrogen-bond donors (Lipinski definition) is 2. The van der Waals surface area contributed by atoms with E-state index in [2.05, 4.69) is 15.2 Å². The van der Waals surface area contributed by atoms with Gasteiger partial charge in [0.2, 0.25) is 0 Å². The lowest BCUT2D eigenvalue weighted by atomic mass is 10.1. The van der Waals surface area contributed by atoms with Gasteiger partial charge in [0.05, 0.1) is 17.5 Å². The van der Waals surface area contributed by atoms with E-state index in [4.69, 9.17) is 5.73 Å². The molecule has 0 aromatic carbocycles. The van der Waals surface area contributed by atoms with Crippen LogP contribution in [0, 0.1) is 5.82 Å². The van der Waals surface area contributed by atoms with Crippen molar-refractivity contribution in [2.24, 2.45) is 0 Å². The summed E-state index contributed by atoms with van der Waals surface area (Å²) in [6.07, 6.45) is 2.74. The highest BCUT2D eigenvalue weighted by Gasteiger charge is 2.16. The molecular weight excluding hydrogens is 251 g/mol. The van der Waals surface area contributed by atoms with Crippen molar-refractivity contribution in [2.45, 2.75) is 0 Å². The van der Waals surface area contributed by atoms with Gasteiger partial charge >= 0.3 is 0 Å². The van der Waals surface area contributed by atoms with Gasteiger partial charge in [-0.1, -0.05) is 6.07 Å². The maximum Gasteiger partial charge on any atom is 0.154 e. The maximum absolute atomic E-state index is 13.2. The van der Waals surface area contributed by atoms with Crippen LogP contribution >= 0.6 is 11.3 Å². The van der Waals surface area contributed by atoms with E-state index in [1.54, 1.807) is 17.5 Å². The van der Waals surface area contributed by atoms with Gasteiger partial charge in [0, 0.05) is 16.6 Å². The van der Waals surface area contributed by atoms with Gasteiger partial charge in [-0.05, 0) is 17.5 Å². The minimum absolute atomic E-state index is 0.391. The van der Waals surface area contributed by atoms with Crippen LogP contribution in [0.25, 0.3) is 21.7 Å². The lowest BCUT2D eigenvalue weighted by molar-refractivity contribution is 0.622. The van der Waals surface area contributed by atoms with Crippen molar-refractivity contribution in [2.75, 3.05) is 5.73 Å². The summed E-state index contributed by atoms with van der Waals surface area (Å²) < 4.78 is 13.2. The first-order chi connectivity index (χ1) is 8.75. The average molecular weight is 260 g/mol. The van der Waals surface area contributed by atoms with Gasteiger partial charge in [0.25, 0.3) is 0 Å². The van der Waals surface area contributed by atoms with Gasteiger partial charge in [-0.25, -0.2) is 4.39 Å². The molecule has 0 unspecified atom stereocenters. The molecule has 0 bridgehead atoms. The Labute approximate surface area is 106 Å². The zero-order valence-corrected chi connectivity index (χ0v) is 10.0. The fraction of sp³-hybridized carbons (Fsp3) is 0. The van der Waals surface area contributed by atoms with Gasteiger partial charge in [0.1, 0.15) is 5.82 Å². The normalized spacial score (nSPS) is 10.7. The number of nitrogens with one attached hydrogen (secondary N) is 1. The molecular formula is C12H9FN4S. The number of nitrogens with two attached hydrogens (primary N) is 1. The number of halogens is 1. The maximum atomic E-state index is 13.2. The Hall–Kier alpha value is -2.21. The summed E-state index contributed by atoms with van der Waals surface area (Å²) in [4.78, 5) is 4.82. The van der Waals surface area contributed by atoms with Gasteiger partial charge < -0.3 is 5.73 Å². The fourth-order valence-electron chi connectivity index (χ4n) is 1.78. The molecule has 0 radical (unpaired) electrons. The molecule has 0 fully saturated rings. The van der Waals surface area contributed by atoms with E-state index in [-0.39, 0.29) is 0 Å². The molecule has 0 atom stereocenters. The van der Waals surface area contributed by atoms with E-state index in [1.807, 2.05) is 17.5 Å². The Morgan fingerprint density at radius 2 is 2.22 bits per heavy atom. The first kappa shape index (κ1) is 10.9. The highest BCUT2D eigenvalue weighted by Crippen LogP contribution is 2.36. The molecule has 3 heterocycles. The predicted octanol–water partition coefficient (Wildman–Crippen LogP) is 2.92. The number of rotatable bonds is 2. The van der Waals surface area contributed by atoms with Crippen molar-refractivity contribution < 1.29 is 4.39 Å². The largest absolute Gasteiger partial charge is 0.382 e. The molecule has 0 aliphatic carbocycles. The smallest absolute Gasteiger partial charge is 0.154 e. The summed E-state index contributed by atoms with van der Waals surface area (Å²) >= 11 is 1.55. The molecule has 3 aromatic rings. The molecule has 3 rings (SSSR count). The van der Waals surface area contributed by atoms with Gasteiger partial charge in [0.15, 0.2) is 5.82 Å². The zero-order chi connectivity index (χ0) is 12.5. The first-order valence-electron chi connectivity index (χ1n) is 5.24. The number of H-pyrrole nitrogens is 1. The average Bonchev–Trinajstić information content (AvgIpc) is 2.97. The number of pyridine rings is 1. The topological polar surface area (TPSA) is 67.6 Å². The van der Waals surface area contributed by atoms with Gasteiger partial charge in [-0.15, -0.1) is 11.3 Å². The Balaban J connectivity index is 2.20. The molecule has 3 aromatic heterocycles. The predicted molar refractivity (Wildman–Crippen MR) is 69.5 cm³/mol. The van der Waals surface area contributed by atoms with E-state index >= 15 is 0 Å². The third kappa shape index (κ3) is 1.76. The van der Waals surface area contributed by atoms with E-state index in [9.17, 15) is 4.39 Å². The number of nitrogens with zero attached hydrogens (tertiary/aromatic N) is 2. The van der Waals surface area contributed by atoms with Crippen LogP contribution in [0.1, 0.15) is 0 Å². The Kier molecular flexibility index (Phi) is 2.56. The molecule has 4 nitrogen and oxygen atoms in total. The van der Waals surface area contributed by atoms with Crippen LogP contribution < -0.4 is 5.73 Å². The van der Waals surface area contributed by atoms with Crippen LogP contribution in [0.15, 0.2) is 36.0 Å². The molecule has 3 N–H and O–H groups in total. The second-order valence-corrected chi connectivity index (χ2v) is 4.68. The van der Waals surface area contributed by atoms with Gasteiger partial charge in [-0.2, -0.15) is 5.10 Å². The number of thiophene rings is 1. The minimum Gasteiger partial charge on any atom is -0.382 e. The van der Waals surface area contributed by atoms with Crippen LogP contribution in [0.3, 0.4) is 0 Å². The molecule has 18 heavy (non-hydrogen) atoms. The molecule has 0 aliphatic rings. The van der Waals surface area contributed by atoms with Crippen LogP contribution in [0.4, 0.5) is 10.2 Å². The SMILES string of the molecule is Nc1n[nH]c(-c2cncc(F)c2)c1-c1cccs1. The first-order valence-corrected chi connectivity index (χ1v) is 6.12. The highest BCUT2D eigenvalue weighted by molar-refractivity contribution is 7.13. The number of aromatic nitrogens is 3. The lowest BCUT2D eigenvalue weighted by Crippen LogP contribution is -1.88. The number of nitrogen functional groups attached to an aromatic ring is 1. The number of aromatic amines is 1. The number of hydrogen-bond acceptors (Lipinski definition) is 4. The van der Waals surface area contributed by atoms with Crippen LogP contribution in [0.5, 0.6) is 0 Å². The molecule has 0 spiro atoms. The third-order valence-electron chi connectivity index (χ3n) is 2.56. The molecule has 0 aliphatic heterocycles. The molecule has 0 saturated carbocycles. The van der Waals surface area contributed by atoms with E-state index in [1.165, 1.54) is 6.07 Å². The monoisotopic (exact) mass is 260 g/mol. The summed E-state index contributed by atoms with van der Waals surface area (Å²) in [5.41, 5.74) is 7.96. The lowest BCUT2D eigenvalue weighted by Gasteiger charge is -2.01. The summed E-state index contributed by atoms with van der Waals surface area (Å²) in [6.45, 7) is 0. The van der Waals surface area contributed by atoms with Crippen LogP contribution in [-0.4, -0.2) is 15.2 Å². The minimum atomic E-state index is -0.391. The van der Waals surface area contributed by atoms with Crippen molar-refractivity contribution >= 4 is 17.2 Å². The molecule has 0 saturated heterocycles. The van der Waals surface area contributed by atoms with Crippen molar-refractivity contribution in [3.8, 4) is 21.7 Å². The summed E-state index contributed by atoms with van der Waals surface area (Å²) in [7, 11) is 0. The van der Waals surface area contributed by atoms with Crippen LogP contribution in [-0.2, 0) is 0 Å². The Morgan fingerprint density at radius 3 is 2.94 bits per heavy atom. The molecule has 0 amide bonds. The van der Waals surface area contributed by atoms with Crippen molar-refractivity contribution in [3.63, 3.8) is 0 Å². The van der Waals surface area contributed by atoms with Gasteiger partial charge in [-0.3, -0.25) is 10.1 Å². The van der Waals surface area contributed by atoms with E-state index in [0.29, 0.717) is 17.1 Å². The second-order valence-electron chi connectivity index (χ2n) is 3.73. The summed E-state index contributed by atoms with van der Waals surface area (Å²) in [5, 5.41) is 8.77. The standard InChI is InChI=1S/C12H9FN4S/c13-8-4-7(5-15-6-8)11-10(12(14)17-16-11)9-2-1-3-18-9/h1-6H,(H3,14,16,17). The van der Waals surface area contributed by atoms with Crippen molar-refractivity contribution in [1.29, 1.82) is 0 Å². The second kappa shape index (κ2) is 4.23. The summed E-state index contributed by atoms with van der Waals surface area (Å²) in [5.74, 6) is 0.00881. The quantitative estimate of drug-likeness (QED) is 0.744. The van der Waals surface area contributed by atoms with E-state index in [0.717, 1.165) is 16.6 Å².